The average molecular weight is 254 g/mol. The summed E-state index contributed by atoms with van der Waals surface area (Å²) in [6.45, 7) is 3.88. The van der Waals surface area contributed by atoms with Gasteiger partial charge in [0.15, 0.2) is 0 Å². The first-order chi connectivity index (χ1) is 9.25. The van der Waals surface area contributed by atoms with E-state index in [9.17, 15) is 5.11 Å². The molecule has 2 aromatic carbocycles. The Balaban J connectivity index is 2.29. The van der Waals surface area contributed by atoms with Crippen LogP contribution < -0.4 is 9.47 Å². The number of fused-ring (bicyclic) bond motifs is 2. The zero-order chi connectivity index (χ0) is 13.3. The van der Waals surface area contributed by atoms with Gasteiger partial charge in [0.2, 0.25) is 6.79 Å². The van der Waals surface area contributed by atoms with Gasteiger partial charge in [-0.1, -0.05) is 49.1 Å². The summed E-state index contributed by atoms with van der Waals surface area (Å²) in [6.07, 6.45) is 1.50. The van der Waals surface area contributed by atoms with E-state index in [2.05, 4.69) is 6.58 Å². The van der Waals surface area contributed by atoms with E-state index in [-0.39, 0.29) is 6.79 Å². The maximum Gasteiger partial charge on any atom is 0.230 e. The van der Waals surface area contributed by atoms with Crippen molar-refractivity contribution in [2.45, 2.75) is 5.60 Å². The normalized spacial score (nSPS) is 15.8. The van der Waals surface area contributed by atoms with Crippen LogP contribution in [0.2, 0.25) is 0 Å². The first-order valence-corrected chi connectivity index (χ1v) is 6.06. The second-order valence-corrected chi connectivity index (χ2v) is 4.37. The Kier molecular flexibility index (Phi) is 2.76. The zero-order valence-corrected chi connectivity index (χ0v) is 10.4. The van der Waals surface area contributed by atoms with Gasteiger partial charge < -0.3 is 14.6 Å². The predicted octanol–water partition coefficient (Wildman–Crippen LogP) is 2.84. The van der Waals surface area contributed by atoms with Crippen LogP contribution >= 0.6 is 0 Å². The Bertz CT molecular complexity index is 571. The summed E-state index contributed by atoms with van der Waals surface area (Å²) in [5.74, 6) is 1.19. The molecule has 3 heteroatoms. The Morgan fingerprint density at radius 3 is 1.89 bits per heavy atom. The second-order valence-electron chi connectivity index (χ2n) is 4.37. The Hall–Kier alpha value is -2.26. The smallest absolute Gasteiger partial charge is 0.230 e. The van der Waals surface area contributed by atoms with Crippen LogP contribution in [0.15, 0.2) is 61.2 Å². The van der Waals surface area contributed by atoms with Gasteiger partial charge in [0.25, 0.3) is 0 Å². The van der Waals surface area contributed by atoms with Gasteiger partial charge >= 0.3 is 0 Å². The first-order valence-electron chi connectivity index (χ1n) is 6.06. The van der Waals surface area contributed by atoms with Crippen LogP contribution in [0.1, 0.15) is 11.1 Å². The zero-order valence-electron chi connectivity index (χ0n) is 10.4. The summed E-state index contributed by atoms with van der Waals surface area (Å²) in [5, 5.41) is 11.0. The molecule has 3 rings (SSSR count). The predicted molar refractivity (Wildman–Crippen MR) is 72.2 cm³/mol. The molecule has 0 saturated heterocycles. The number of benzene rings is 2. The van der Waals surface area contributed by atoms with Crippen LogP contribution in [0.25, 0.3) is 0 Å². The van der Waals surface area contributed by atoms with Gasteiger partial charge in [-0.2, -0.15) is 0 Å². The minimum atomic E-state index is -1.33. The molecule has 0 radical (unpaired) electrons. The number of hydrogen-bond donors (Lipinski definition) is 1. The third-order valence-electron chi connectivity index (χ3n) is 3.32. The molecule has 0 saturated carbocycles. The van der Waals surface area contributed by atoms with Crippen LogP contribution in [0.4, 0.5) is 0 Å². The lowest BCUT2D eigenvalue weighted by Crippen LogP contribution is -2.28. The van der Waals surface area contributed by atoms with Gasteiger partial charge in [0.05, 0.1) is 0 Å². The van der Waals surface area contributed by atoms with Crippen LogP contribution in [0.3, 0.4) is 0 Å². The number of aliphatic hydroxyl groups is 1. The van der Waals surface area contributed by atoms with Gasteiger partial charge in [0, 0.05) is 11.1 Å². The van der Waals surface area contributed by atoms with Crippen molar-refractivity contribution in [1.29, 1.82) is 0 Å². The van der Waals surface area contributed by atoms with E-state index in [0.29, 0.717) is 22.6 Å². The highest BCUT2D eigenvalue weighted by atomic mass is 16.7. The SMILES string of the molecule is C=CC1(O)c2ccccc2OCOc2ccccc21. The van der Waals surface area contributed by atoms with Crippen molar-refractivity contribution >= 4 is 0 Å². The number of para-hydroxylation sites is 2. The minimum Gasteiger partial charge on any atom is -0.457 e. The topological polar surface area (TPSA) is 38.7 Å². The van der Waals surface area contributed by atoms with E-state index in [1.807, 2.05) is 36.4 Å². The number of ether oxygens (including phenoxy) is 2. The Morgan fingerprint density at radius 1 is 0.947 bits per heavy atom. The molecule has 0 aromatic heterocycles. The standard InChI is InChI=1S/C16H14O3/c1-2-16(17)12-7-3-5-9-14(12)18-11-19-15-10-6-4-8-13(15)16/h2-10,17H,1,11H2. The van der Waals surface area contributed by atoms with Gasteiger partial charge in [-0.05, 0) is 12.1 Å². The van der Waals surface area contributed by atoms with Crippen molar-refractivity contribution in [2.75, 3.05) is 6.79 Å². The summed E-state index contributed by atoms with van der Waals surface area (Å²) >= 11 is 0. The van der Waals surface area contributed by atoms with Gasteiger partial charge in [-0.25, -0.2) is 0 Å². The summed E-state index contributed by atoms with van der Waals surface area (Å²) in [6, 6.07) is 14.7. The summed E-state index contributed by atoms with van der Waals surface area (Å²) in [4.78, 5) is 0. The highest BCUT2D eigenvalue weighted by Crippen LogP contribution is 2.41. The monoisotopic (exact) mass is 254 g/mol. The largest absolute Gasteiger partial charge is 0.457 e. The minimum absolute atomic E-state index is 0.112. The molecule has 1 heterocycles. The lowest BCUT2D eigenvalue weighted by atomic mass is 9.85. The molecule has 1 N–H and O–H groups in total. The Morgan fingerprint density at radius 2 is 1.42 bits per heavy atom. The molecule has 0 spiro atoms. The first kappa shape index (κ1) is 11.8. The molecule has 0 amide bonds. The van der Waals surface area contributed by atoms with E-state index < -0.39 is 5.60 Å². The van der Waals surface area contributed by atoms with E-state index in [0.717, 1.165) is 0 Å². The van der Waals surface area contributed by atoms with Crippen LogP contribution in [-0.2, 0) is 5.60 Å². The van der Waals surface area contributed by atoms with Crippen molar-refractivity contribution in [3.63, 3.8) is 0 Å². The average Bonchev–Trinajstić information content (AvgIpc) is 2.46. The number of hydrogen-bond acceptors (Lipinski definition) is 3. The molecule has 96 valence electrons. The Labute approximate surface area is 111 Å². The van der Waals surface area contributed by atoms with E-state index >= 15 is 0 Å². The summed E-state index contributed by atoms with van der Waals surface area (Å²) in [7, 11) is 0. The fourth-order valence-corrected chi connectivity index (χ4v) is 2.34. The fraction of sp³-hybridized carbons (Fsp3) is 0.125. The quantitative estimate of drug-likeness (QED) is 0.795. The molecule has 0 fully saturated rings. The molecule has 0 aliphatic carbocycles. The molecule has 3 nitrogen and oxygen atoms in total. The lowest BCUT2D eigenvalue weighted by molar-refractivity contribution is 0.0780. The highest BCUT2D eigenvalue weighted by molar-refractivity contribution is 5.52. The molecule has 0 unspecified atom stereocenters. The van der Waals surface area contributed by atoms with Crippen molar-refractivity contribution < 1.29 is 14.6 Å². The molecule has 0 atom stereocenters. The molecular formula is C16H14O3. The summed E-state index contributed by atoms with van der Waals surface area (Å²) < 4.78 is 11.1. The second kappa shape index (κ2) is 4.44. The van der Waals surface area contributed by atoms with E-state index in [4.69, 9.17) is 9.47 Å². The maximum atomic E-state index is 11.0. The fourth-order valence-electron chi connectivity index (χ4n) is 2.34. The van der Waals surface area contributed by atoms with Gasteiger partial charge in [0.1, 0.15) is 17.1 Å². The molecular weight excluding hydrogens is 240 g/mol. The van der Waals surface area contributed by atoms with Crippen molar-refractivity contribution in [2.24, 2.45) is 0 Å². The summed E-state index contributed by atoms with van der Waals surface area (Å²) in [5.41, 5.74) is 0.00894. The van der Waals surface area contributed by atoms with Crippen molar-refractivity contribution in [3.8, 4) is 11.5 Å². The highest BCUT2D eigenvalue weighted by Gasteiger charge is 2.35. The number of rotatable bonds is 1. The lowest BCUT2D eigenvalue weighted by Gasteiger charge is -2.31. The maximum absolute atomic E-state index is 11.0. The van der Waals surface area contributed by atoms with Gasteiger partial charge in [-0.3, -0.25) is 0 Å². The molecule has 2 aromatic rings. The molecule has 0 bridgehead atoms. The molecule has 1 aliphatic heterocycles. The van der Waals surface area contributed by atoms with Crippen molar-refractivity contribution in [3.05, 3.63) is 72.3 Å². The van der Waals surface area contributed by atoms with Crippen LogP contribution in [0.5, 0.6) is 11.5 Å². The third-order valence-corrected chi connectivity index (χ3v) is 3.32. The molecule has 1 aliphatic rings. The van der Waals surface area contributed by atoms with E-state index in [1.54, 1.807) is 12.1 Å². The van der Waals surface area contributed by atoms with Crippen LogP contribution in [0, 0.1) is 0 Å². The van der Waals surface area contributed by atoms with Gasteiger partial charge in [-0.15, -0.1) is 0 Å². The van der Waals surface area contributed by atoms with Crippen molar-refractivity contribution in [1.82, 2.24) is 0 Å². The van der Waals surface area contributed by atoms with E-state index in [1.165, 1.54) is 6.08 Å². The molecule has 19 heavy (non-hydrogen) atoms. The third kappa shape index (κ3) is 1.79. The van der Waals surface area contributed by atoms with Crippen LogP contribution in [-0.4, -0.2) is 11.9 Å².